The van der Waals surface area contributed by atoms with Crippen molar-refractivity contribution in [1.82, 2.24) is 0 Å². The summed E-state index contributed by atoms with van der Waals surface area (Å²) in [6.45, 7) is 12.1. The smallest absolute Gasteiger partial charge is 0.262 e. The summed E-state index contributed by atoms with van der Waals surface area (Å²) in [5.41, 5.74) is 2.82. The number of anilines is 2. The van der Waals surface area contributed by atoms with Crippen LogP contribution in [-0.2, 0) is 14.8 Å². The highest BCUT2D eigenvalue weighted by molar-refractivity contribution is 7.92. The van der Waals surface area contributed by atoms with Gasteiger partial charge in [-0.2, -0.15) is 0 Å². The summed E-state index contributed by atoms with van der Waals surface area (Å²) in [5, 5.41) is 0. The summed E-state index contributed by atoms with van der Waals surface area (Å²) in [6, 6.07) is 8.79. The van der Waals surface area contributed by atoms with Crippen LogP contribution in [0, 0.1) is 26.2 Å². The summed E-state index contributed by atoms with van der Waals surface area (Å²) < 4.78 is 34.8. The van der Waals surface area contributed by atoms with Gasteiger partial charge in [0.05, 0.1) is 21.7 Å². The molecule has 0 fully saturated rings. The largest absolute Gasteiger partial charge is 0.490 e. The number of carbonyl (C=O) groups is 1. The fourth-order valence-electron chi connectivity index (χ4n) is 3.95. The van der Waals surface area contributed by atoms with Crippen LogP contribution >= 0.6 is 0 Å². The molecule has 1 heterocycles. The van der Waals surface area contributed by atoms with Gasteiger partial charge in [-0.05, 0) is 64.3 Å². The molecule has 1 aliphatic rings. The van der Waals surface area contributed by atoms with Gasteiger partial charge in [0.2, 0.25) is 5.91 Å². The van der Waals surface area contributed by atoms with Crippen molar-refractivity contribution in [1.29, 1.82) is 0 Å². The number of carbonyl (C=O) groups excluding carboxylic acids is 1. The second-order valence-electron chi connectivity index (χ2n) is 8.65. The summed E-state index contributed by atoms with van der Waals surface area (Å²) in [6.07, 6.45) is 0.807. The normalized spacial score (nSPS) is 15.9. The number of aryl methyl sites for hydroxylation is 3. The fourth-order valence-corrected chi connectivity index (χ4v) is 5.46. The van der Waals surface area contributed by atoms with Crippen molar-refractivity contribution in [3.05, 3.63) is 47.0 Å². The molecule has 1 aliphatic heterocycles. The zero-order chi connectivity index (χ0) is 22.3. The van der Waals surface area contributed by atoms with Gasteiger partial charge >= 0.3 is 0 Å². The Hall–Kier alpha value is -2.54. The van der Waals surface area contributed by atoms with Gasteiger partial charge in [0.25, 0.3) is 10.0 Å². The third-order valence-corrected chi connectivity index (χ3v) is 6.92. The molecule has 0 radical (unpaired) electrons. The minimum atomic E-state index is -3.77. The van der Waals surface area contributed by atoms with Crippen molar-refractivity contribution in [2.75, 3.05) is 22.8 Å². The lowest BCUT2D eigenvalue weighted by atomic mass is 9.93. The molecule has 0 atom stereocenters. The molecule has 0 unspecified atom stereocenters. The molecule has 7 heteroatoms. The van der Waals surface area contributed by atoms with Gasteiger partial charge in [0.1, 0.15) is 12.4 Å². The molecule has 0 bridgehead atoms. The first kappa shape index (κ1) is 22.2. The number of fused-ring (bicyclic) bond motifs is 1. The van der Waals surface area contributed by atoms with E-state index in [0.717, 1.165) is 12.0 Å². The summed E-state index contributed by atoms with van der Waals surface area (Å²) in [4.78, 5) is 15.0. The fraction of sp³-hybridized carbons (Fsp3) is 0.435. The quantitative estimate of drug-likeness (QED) is 0.754. The minimum absolute atomic E-state index is 0.00216. The Morgan fingerprint density at radius 1 is 1.10 bits per heavy atom. The number of amides is 1. The molecule has 1 N–H and O–H groups in total. The van der Waals surface area contributed by atoms with Crippen LogP contribution in [-0.4, -0.2) is 27.5 Å². The summed E-state index contributed by atoms with van der Waals surface area (Å²) >= 11 is 0. The van der Waals surface area contributed by atoms with E-state index in [1.165, 1.54) is 0 Å². The third-order valence-electron chi connectivity index (χ3n) is 5.24. The molecule has 0 saturated heterocycles. The lowest BCUT2D eigenvalue weighted by Crippen LogP contribution is -2.42. The molecule has 1 amide bonds. The highest BCUT2D eigenvalue weighted by atomic mass is 32.2. The number of nitrogens with zero attached hydrogens (tertiary/aromatic N) is 1. The Morgan fingerprint density at radius 3 is 2.33 bits per heavy atom. The van der Waals surface area contributed by atoms with Crippen LogP contribution in [0.25, 0.3) is 0 Å². The van der Waals surface area contributed by atoms with E-state index in [-0.39, 0.29) is 17.4 Å². The lowest BCUT2D eigenvalue weighted by molar-refractivity contribution is -0.127. The summed E-state index contributed by atoms with van der Waals surface area (Å²) in [5.74, 6) is 0.502. The molecule has 0 saturated carbocycles. The highest BCUT2D eigenvalue weighted by Gasteiger charge is 2.37. The molecule has 6 nitrogen and oxygen atoms in total. The predicted molar refractivity (Wildman–Crippen MR) is 120 cm³/mol. The Balaban J connectivity index is 1.99. The zero-order valence-corrected chi connectivity index (χ0v) is 19.3. The van der Waals surface area contributed by atoms with Gasteiger partial charge in [0.15, 0.2) is 0 Å². The van der Waals surface area contributed by atoms with Gasteiger partial charge in [-0.15, -0.1) is 0 Å². The summed E-state index contributed by atoms with van der Waals surface area (Å²) in [7, 11) is -3.77. The Kier molecular flexibility index (Phi) is 5.87. The molecular formula is C23H30N2O4S. The number of hydrogen-bond donors (Lipinski definition) is 1. The Labute approximate surface area is 179 Å². The monoisotopic (exact) mass is 430 g/mol. The topological polar surface area (TPSA) is 75.7 Å². The second-order valence-corrected chi connectivity index (χ2v) is 10.3. The van der Waals surface area contributed by atoms with Crippen LogP contribution in [0.5, 0.6) is 5.75 Å². The van der Waals surface area contributed by atoms with E-state index in [1.54, 1.807) is 36.9 Å². The van der Waals surface area contributed by atoms with Crippen LogP contribution in [0.15, 0.2) is 35.2 Å². The molecule has 2 aromatic carbocycles. The molecule has 0 aromatic heterocycles. The van der Waals surface area contributed by atoms with Crippen molar-refractivity contribution in [2.24, 2.45) is 5.41 Å². The van der Waals surface area contributed by atoms with E-state index in [4.69, 9.17) is 4.74 Å². The number of nitrogens with one attached hydrogen (secondary N) is 1. The van der Waals surface area contributed by atoms with Gasteiger partial charge in [-0.25, -0.2) is 8.42 Å². The first-order valence-corrected chi connectivity index (χ1v) is 11.6. The maximum atomic E-state index is 13.1. The van der Waals surface area contributed by atoms with Crippen molar-refractivity contribution in [3.8, 4) is 5.75 Å². The standard InChI is InChI=1S/C23H30N2O4S/c1-7-10-25-19-9-8-18(13-20(19)29-14-23(5,6)22(25)26)24-30(27,28)21-16(3)11-15(2)12-17(21)4/h8-9,11-13,24H,7,10,14H2,1-6H3. The first-order valence-electron chi connectivity index (χ1n) is 10.2. The number of hydrogen-bond acceptors (Lipinski definition) is 4. The van der Waals surface area contributed by atoms with Gasteiger partial charge in [-0.3, -0.25) is 9.52 Å². The lowest BCUT2D eigenvalue weighted by Gasteiger charge is -2.27. The average molecular weight is 431 g/mol. The number of rotatable bonds is 5. The predicted octanol–water partition coefficient (Wildman–Crippen LogP) is 4.57. The van der Waals surface area contributed by atoms with Crippen molar-refractivity contribution >= 4 is 27.3 Å². The number of ether oxygens (including phenoxy) is 1. The van der Waals surface area contributed by atoms with Crippen LogP contribution in [0.1, 0.15) is 43.9 Å². The van der Waals surface area contributed by atoms with Crippen molar-refractivity contribution in [3.63, 3.8) is 0 Å². The molecular weight excluding hydrogens is 400 g/mol. The van der Waals surface area contributed by atoms with Gasteiger partial charge < -0.3 is 9.64 Å². The average Bonchev–Trinajstić information content (AvgIpc) is 2.71. The SMILES string of the molecule is CCCN1C(=O)C(C)(C)COc2cc(NS(=O)(=O)c3c(C)cc(C)cc3C)ccc21. The zero-order valence-electron chi connectivity index (χ0n) is 18.5. The van der Waals surface area contributed by atoms with E-state index in [1.807, 2.05) is 39.8 Å². The van der Waals surface area contributed by atoms with E-state index in [0.29, 0.717) is 34.8 Å². The van der Waals surface area contributed by atoms with Crippen molar-refractivity contribution < 1.29 is 17.9 Å². The molecule has 162 valence electrons. The van der Waals surface area contributed by atoms with E-state index >= 15 is 0 Å². The second kappa shape index (κ2) is 7.95. The van der Waals surface area contributed by atoms with Crippen LogP contribution in [0.2, 0.25) is 0 Å². The number of benzene rings is 2. The first-order chi connectivity index (χ1) is 14.0. The van der Waals surface area contributed by atoms with Crippen LogP contribution in [0.4, 0.5) is 11.4 Å². The third kappa shape index (κ3) is 4.17. The van der Waals surface area contributed by atoms with Crippen LogP contribution in [0.3, 0.4) is 0 Å². The molecule has 3 rings (SSSR count). The van der Waals surface area contributed by atoms with E-state index in [9.17, 15) is 13.2 Å². The Bertz CT molecular complexity index is 1070. The van der Waals surface area contributed by atoms with Gasteiger partial charge in [0, 0.05) is 12.6 Å². The molecule has 0 aliphatic carbocycles. The highest BCUT2D eigenvalue weighted by Crippen LogP contribution is 2.38. The molecule has 2 aromatic rings. The van der Waals surface area contributed by atoms with Gasteiger partial charge in [-0.1, -0.05) is 24.6 Å². The van der Waals surface area contributed by atoms with Crippen LogP contribution < -0.4 is 14.4 Å². The van der Waals surface area contributed by atoms with Crippen molar-refractivity contribution in [2.45, 2.75) is 52.9 Å². The minimum Gasteiger partial charge on any atom is -0.490 e. The molecule has 30 heavy (non-hydrogen) atoms. The maximum Gasteiger partial charge on any atom is 0.262 e. The van der Waals surface area contributed by atoms with E-state index < -0.39 is 15.4 Å². The number of sulfonamides is 1. The Morgan fingerprint density at radius 2 is 1.73 bits per heavy atom. The van der Waals surface area contributed by atoms with E-state index in [2.05, 4.69) is 4.72 Å². The maximum absolute atomic E-state index is 13.1. The molecule has 0 spiro atoms.